The van der Waals surface area contributed by atoms with Crippen LogP contribution in [-0.4, -0.2) is 55.0 Å². The first-order chi connectivity index (χ1) is 16.8. The number of amides is 2. The fourth-order valence-electron chi connectivity index (χ4n) is 4.21. The van der Waals surface area contributed by atoms with E-state index in [4.69, 9.17) is 9.40 Å². The van der Waals surface area contributed by atoms with Crippen LogP contribution < -0.4 is 10.6 Å². The third kappa shape index (κ3) is 4.96. The fraction of sp³-hybridized carbons (Fsp3) is 0.360. The van der Waals surface area contributed by atoms with Crippen molar-refractivity contribution in [2.24, 2.45) is 0 Å². The zero-order valence-corrected chi connectivity index (χ0v) is 20.0. The highest BCUT2D eigenvalue weighted by atomic mass is 19.1. The van der Waals surface area contributed by atoms with Gasteiger partial charge >= 0.3 is 11.9 Å². The van der Waals surface area contributed by atoms with E-state index in [-0.39, 0.29) is 23.4 Å². The molecule has 1 fully saturated rings. The highest BCUT2D eigenvalue weighted by molar-refractivity contribution is 5.79. The lowest BCUT2D eigenvalue weighted by atomic mass is 10.1. The number of imidazole rings is 1. The highest BCUT2D eigenvalue weighted by Gasteiger charge is 2.26. The van der Waals surface area contributed by atoms with Crippen molar-refractivity contribution in [1.29, 1.82) is 0 Å². The number of carbonyl (C=O) groups is 1. The number of hydrogen-bond donors (Lipinski definition) is 2. The molecule has 35 heavy (non-hydrogen) atoms. The van der Waals surface area contributed by atoms with Crippen LogP contribution in [0.5, 0.6) is 0 Å². The molecular formula is C25H28FN7O2. The third-order valence-electron chi connectivity index (χ3n) is 5.88. The van der Waals surface area contributed by atoms with Crippen LogP contribution in [0.15, 0.2) is 53.4 Å². The molecule has 5 rings (SSSR count). The number of aromatic nitrogens is 4. The molecule has 4 heterocycles. The zero-order chi connectivity index (χ0) is 24.6. The lowest BCUT2D eigenvalue weighted by Crippen LogP contribution is -2.51. The first-order valence-corrected chi connectivity index (χ1v) is 11.7. The first-order valence-electron chi connectivity index (χ1n) is 11.7. The molecule has 0 saturated carbocycles. The fourth-order valence-corrected chi connectivity index (χ4v) is 4.21. The van der Waals surface area contributed by atoms with Crippen molar-refractivity contribution in [3.63, 3.8) is 0 Å². The number of halogens is 1. The standard InChI is InChI=1S/C25H28FN7O2/c1-25(2,3)31-23(34)32-12-9-18(10-13-32)28-22-27-11-8-19(29-22)21-20(16-4-6-17(26)7-5-16)30-24-33(21)14-15-35-24/h4-8,11,14-15,18H,9-10,12-13H2,1-3H3,(H,31,34)(H,27,28,29). The minimum absolute atomic E-state index is 0.0348. The molecule has 1 aliphatic rings. The molecule has 1 saturated heterocycles. The van der Waals surface area contributed by atoms with Gasteiger partial charge in [-0.1, -0.05) is 0 Å². The molecule has 182 valence electrons. The third-order valence-corrected chi connectivity index (χ3v) is 5.88. The number of benzene rings is 1. The van der Waals surface area contributed by atoms with Crippen LogP contribution in [-0.2, 0) is 0 Å². The average Bonchev–Trinajstić information content (AvgIpc) is 3.40. The van der Waals surface area contributed by atoms with Crippen molar-refractivity contribution in [3.8, 4) is 22.6 Å². The summed E-state index contributed by atoms with van der Waals surface area (Å²) in [5.74, 6) is 0.616. The maximum absolute atomic E-state index is 13.5. The lowest BCUT2D eigenvalue weighted by Gasteiger charge is -2.34. The first kappa shape index (κ1) is 22.8. The number of likely N-dealkylation sites (tertiary alicyclic amines) is 1. The van der Waals surface area contributed by atoms with E-state index in [0.717, 1.165) is 24.1 Å². The normalized spacial score (nSPS) is 14.9. The summed E-state index contributed by atoms with van der Waals surface area (Å²) in [5.41, 5.74) is 2.54. The van der Waals surface area contributed by atoms with Crippen LogP contribution in [0.4, 0.5) is 15.1 Å². The van der Waals surface area contributed by atoms with Gasteiger partial charge in [0, 0.05) is 42.6 Å². The van der Waals surface area contributed by atoms with Crippen LogP contribution in [0.3, 0.4) is 0 Å². The van der Waals surface area contributed by atoms with Gasteiger partial charge in [-0.2, -0.15) is 4.98 Å². The Hall–Kier alpha value is -3.95. The number of fused-ring (bicyclic) bond motifs is 1. The number of oxazole rings is 1. The van der Waals surface area contributed by atoms with Crippen LogP contribution in [0, 0.1) is 5.82 Å². The van der Waals surface area contributed by atoms with Crippen LogP contribution in [0.1, 0.15) is 33.6 Å². The van der Waals surface area contributed by atoms with Crippen molar-refractivity contribution >= 4 is 17.8 Å². The van der Waals surface area contributed by atoms with Crippen molar-refractivity contribution < 1.29 is 13.6 Å². The van der Waals surface area contributed by atoms with E-state index in [1.165, 1.54) is 12.1 Å². The van der Waals surface area contributed by atoms with Crippen molar-refractivity contribution in [2.45, 2.75) is 45.2 Å². The summed E-state index contributed by atoms with van der Waals surface area (Å²) < 4.78 is 20.8. The topological polar surface area (TPSA) is 101 Å². The molecule has 4 aromatic rings. The lowest BCUT2D eigenvalue weighted by molar-refractivity contribution is 0.175. The predicted octanol–water partition coefficient (Wildman–Crippen LogP) is 4.57. The molecule has 0 bridgehead atoms. The summed E-state index contributed by atoms with van der Waals surface area (Å²) in [6, 6.07) is 8.11. The maximum Gasteiger partial charge on any atom is 0.317 e. The quantitative estimate of drug-likeness (QED) is 0.446. The Kier molecular flexibility index (Phi) is 5.88. The minimum atomic E-state index is -0.311. The van der Waals surface area contributed by atoms with Crippen LogP contribution in [0.2, 0.25) is 0 Å². The zero-order valence-electron chi connectivity index (χ0n) is 20.0. The van der Waals surface area contributed by atoms with Crippen molar-refractivity contribution in [1.82, 2.24) is 29.6 Å². The Morgan fingerprint density at radius 1 is 1.11 bits per heavy atom. The molecule has 1 aromatic carbocycles. The molecule has 1 aliphatic heterocycles. The molecule has 2 N–H and O–H groups in total. The Balaban J connectivity index is 1.34. The van der Waals surface area contributed by atoms with Gasteiger partial charge in [0.25, 0.3) is 0 Å². The second-order valence-electron chi connectivity index (χ2n) is 9.72. The van der Waals surface area contributed by atoms with E-state index < -0.39 is 0 Å². The Morgan fingerprint density at radius 2 is 1.86 bits per heavy atom. The van der Waals surface area contributed by atoms with Crippen LogP contribution in [0.25, 0.3) is 28.5 Å². The maximum atomic E-state index is 13.5. The molecule has 9 nitrogen and oxygen atoms in total. The number of hydrogen-bond acceptors (Lipinski definition) is 6. The monoisotopic (exact) mass is 477 g/mol. The summed E-state index contributed by atoms with van der Waals surface area (Å²) >= 11 is 0. The number of piperidine rings is 1. The molecule has 0 aliphatic carbocycles. The summed E-state index contributed by atoms with van der Waals surface area (Å²) in [5, 5.41) is 6.43. The largest absolute Gasteiger partial charge is 0.432 e. The summed E-state index contributed by atoms with van der Waals surface area (Å²) in [4.78, 5) is 28.0. The number of carbonyl (C=O) groups excluding carboxylic acids is 1. The second kappa shape index (κ2) is 9.01. The minimum Gasteiger partial charge on any atom is -0.432 e. The van der Waals surface area contributed by atoms with E-state index in [1.54, 1.807) is 30.8 Å². The van der Waals surface area contributed by atoms with E-state index in [1.807, 2.05) is 36.1 Å². The number of anilines is 1. The number of urea groups is 1. The average molecular weight is 478 g/mol. The smallest absolute Gasteiger partial charge is 0.317 e. The summed E-state index contributed by atoms with van der Waals surface area (Å²) in [6.07, 6.45) is 6.63. The van der Waals surface area contributed by atoms with Gasteiger partial charge in [-0.25, -0.2) is 19.2 Å². The van der Waals surface area contributed by atoms with Crippen molar-refractivity contribution in [3.05, 3.63) is 54.8 Å². The molecule has 0 spiro atoms. The van der Waals surface area contributed by atoms with E-state index >= 15 is 0 Å². The number of nitrogens with zero attached hydrogens (tertiary/aromatic N) is 5. The molecule has 10 heteroatoms. The van der Waals surface area contributed by atoms with Crippen molar-refractivity contribution in [2.75, 3.05) is 18.4 Å². The van der Waals surface area contributed by atoms with Gasteiger partial charge < -0.3 is 20.0 Å². The van der Waals surface area contributed by atoms with Gasteiger partial charge in [0.2, 0.25) is 5.95 Å². The second-order valence-corrected chi connectivity index (χ2v) is 9.72. The van der Waals surface area contributed by atoms with Gasteiger partial charge in [-0.15, -0.1) is 0 Å². The molecule has 0 atom stereocenters. The molecule has 0 radical (unpaired) electrons. The molecule has 2 amide bonds. The van der Waals surface area contributed by atoms with E-state index in [0.29, 0.717) is 36.3 Å². The van der Waals surface area contributed by atoms with Gasteiger partial charge in [0.05, 0.1) is 5.69 Å². The Labute approximate surface area is 202 Å². The SMILES string of the molecule is CC(C)(C)NC(=O)N1CCC(Nc2nccc(-c3c(-c4ccc(F)cc4)nc4occn34)n2)CC1. The molecule has 3 aromatic heterocycles. The Bertz CT molecular complexity index is 1330. The highest BCUT2D eigenvalue weighted by Crippen LogP contribution is 2.32. The van der Waals surface area contributed by atoms with Gasteiger partial charge in [0.15, 0.2) is 0 Å². The predicted molar refractivity (Wildman–Crippen MR) is 130 cm³/mol. The molecular weight excluding hydrogens is 449 g/mol. The van der Waals surface area contributed by atoms with Crippen LogP contribution >= 0.6 is 0 Å². The number of nitrogens with one attached hydrogen (secondary N) is 2. The Morgan fingerprint density at radius 3 is 2.57 bits per heavy atom. The number of rotatable bonds is 4. The molecule has 0 unspecified atom stereocenters. The summed E-state index contributed by atoms with van der Waals surface area (Å²) in [6.45, 7) is 7.24. The van der Waals surface area contributed by atoms with E-state index in [2.05, 4.69) is 20.6 Å². The summed E-state index contributed by atoms with van der Waals surface area (Å²) in [7, 11) is 0. The van der Waals surface area contributed by atoms with Gasteiger partial charge in [-0.05, 0) is 63.9 Å². The van der Waals surface area contributed by atoms with E-state index in [9.17, 15) is 9.18 Å². The van der Waals surface area contributed by atoms with Gasteiger partial charge in [0.1, 0.15) is 23.5 Å². The van der Waals surface area contributed by atoms with Gasteiger partial charge in [-0.3, -0.25) is 4.40 Å².